The monoisotopic (exact) mass is 364 g/mol. The first-order chi connectivity index (χ1) is 12.0. The quantitative estimate of drug-likeness (QED) is 0.309. The number of aliphatic hydroxyl groups excluding tert-OH is 1. The second kappa shape index (κ2) is 5.88. The molecule has 0 saturated heterocycles. The van der Waals surface area contributed by atoms with E-state index in [0.29, 0.717) is 21.0 Å². The van der Waals surface area contributed by atoms with Crippen molar-refractivity contribution in [3.05, 3.63) is 64.1 Å². The molecule has 0 radical (unpaired) electrons. The van der Waals surface area contributed by atoms with Crippen LogP contribution in [-0.4, -0.2) is 5.11 Å². The second-order valence-corrected chi connectivity index (χ2v) is 7.05. The van der Waals surface area contributed by atoms with Crippen LogP contribution < -0.4 is 0 Å². The summed E-state index contributed by atoms with van der Waals surface area (Å²) in [6.45, 7) is 0. The van der Waals surface area contributed by atoms with E-state index in [1.54, 1.807) is 0 Å². The summed E-state index contributed by atoms with van der Waals surface area (Å²) in [5, 5.41) is 11.1. The number of hydrogen-bond acceptors (Lipinski definition) is 2. The van der Waals surface area contributed by atoms with Gasteiger partial charge in [-0.25, -0.2) is 17.6 Å². The molecule has 2 aromatic carbocycles. The zero-order valence-electron chi connectivity index (χ0n) is 12.9. The molecule has 25 heavy (non-hydrogen) atoms. The maximum atomic E-state index is 14.4. The van der Waals surface area contributed by atoms with E-state index < -0.39 is 23.3 Å². The number of halogens is 4. The second-order valence-electron chi connectivity index (χ2n) is 6.00. The molecule has 1 fully saturated rings. The molecule has 0 amide bonds. The summed E-state index contributed by atoms with van der Waals surface area (Å²) in [4.78, 5) is 0.347. The van der Waals surface area contributed by atoms with Crippen LogP contribution in [0, 0.1) is 23.3 Å². The highest BCUT2D eigenvalue weighted by Gasteiger charge is 2.25. The predicted octanol–water partition coefficient (Wildman–Crippen LogP) is 6.58. The smallest absolute Gasteiger partial charge is 0.161 e. The largest absolute Gasteiger partial charge is 0.506 e. The lowest BCUT2D eigenvalue weighted by Gasteiger charge is -2.18. The van der Waals surface area contributed by atoms with Crippen molar-refractivity contribution in [2.45, 2.75) is 19.3 Å². The zero-order valence-corrected chi connectivity index (χ0v) is 13.7. The Labute approximate surface area is 144 Å². The first-order valence-corrected chi connectivity index (χ1v) is 8.55. The summed E-state index contributed by atoms with van der Waals surface area (Å²) in [6, 6.07) is 5.21. The number of fused-ring (bicyclic) bond motifs is 1. The highest BCUT2D eigenvalue weighted by molar-refractivity contribution is 7.20. The molecule has 3 aromatic rings. The van der Waals surface area contributed by atoms with Gasteiger partial charge >= 0.3 is 0 Å². The summed E-state index contributed by atoms with van der Waals surface area (Å²) in [6.07, 6.45) is 2.41. The molecule has 6 heteroatoms. The van der Waals surface area contributed by atoms with Crippen molar-refractivity contribution >= 4 is 27.2 Å². The maximum absolute atomic E-state index is 14.4. The molecule has 1 aromatic heterocycles. The normalized spacial score (nSPS) is 14.0. The van der Waals surface area contributed by atoms with Crippen LogP contribution in [0.5, 0.6) is 0 Å². The fraction of sp³-hybridized carbons (Fsp3) is 0.158. The van der Waals surface area contributed by atoms with Crippen LogP contribution in [0.3, 0.4) is 0 Å². The Morgan fingerprint density at radius 1 is 0.920 bits per heavy atom. The van der Waals surface area contributed by atoms with Gasteiger partial charge in [-0.2, -0.15) is 0 Å². The molecule has 1 aliphatic carbocycles. The Morgan fingerprint density at radius 3 is 2.32 bits per heavy atom. The Bertz CT molecular complexity index is 1030. The topological polar surface area (TPSA) is 20.2 Å². The number of benzene rings is 2. The number of rotatable bonds is 2. The van der Waals surface area contributed by atoms with Gasteiger partial charge in [0.05, 0.1) is 4.88 Å². The number of thiophene rings is 1. The van der Waals surface area contributed by atoms with Crippen LogP contribution >= 0.6 is 11.3 Å². The molecule has 4 rings (SSSR count). The fourth-order valence-electron chi connectivity index (χ4n) is 2.97. The van der Waals surface area contributed by atoms with Crippen molar-refractivity contribution in [3.63, 3.8) is 0 Å². The summed E-state index contributed by atoms with van der Waals surface area (Å²) in [7, 11) is 0. The summed E-state index contributed by atoms with van der Waals surface area (Å²) < 4.78 is 55.4. The van der Waals surface area contributed by atoms with Crippen molar-refractivity contribution < 1.29 is 22.7 Å². The van der Waals surface area contributed by atoms with Gasteiger partial charge in [0.1, 0.15) is 17.4 Å². The van der Waals surface area contributed by atoms with Crippen LogP contribution in [0.4, 0.5) is 17.6 Å². The van der Waals surface area contributed by atoms with E-state index in [9.17, 15) is 22.7 Å². The first-order valence-electron chi connectivity index (χ1n) is 7.74. The van der Waals surface area contributed by atoms with Gasteiger partial charge in [-0.3, -0.25) is 0 Å². The van der Waals surface area contributed by atoms with E-state index in [1.165, 1.54) is 18.2 Å². The highest BCUT2D eigenvalue weighted by atomic mass is 32.1. The number of hydrogen-bond donors (Lipinski definition) is 1. The minimum atomic E-state index is -1.28. The van der Waals surface area contributed by atoms with E-state index in [4.69, 9.17) is 0 Å². The van der Waals surface area contributed by atoms with E-state index in [2.05, 4.69) is 0 Å². The minimum absolute atomic E-state index is 0.0204. The molecule has 1 heterocycles. The molecule has 128 valence electrons. The highest BCUT2D eigenvalue weighted by Crippen LogP contribution is 2.45. The lowest BCUT2D eigenvalue weighted by atomic mass is 9.89. The SMILES string of the molecule is OC(=C1CCC1)c1sc2cc(F)ccc2c1-c1cc(F)c(F)cc1F. The summed E-state index contributed by atoms with van der Waals surface area (Å²) in [5.41, 5.74) is 0.933. The average molecular weight is 364 g/mol. The van der Waals surface area contributed by atoms with E-state index in [0.717, 1.165) is 42.2 Å². The Kier molecular flexibility index (Phi) is 3.80. The average Bonchev–Trinajstić information content (AvgIpc) is 2.87. The Balaban J connectivity index is 2.06. The van der Waals surface area contributed by atoms with Crippen LogP contribution in [0.1, 0.15) is 24.1 Å². The molecule has 0 spiro atoms. The zero-order chi connectivity index (χ0) is 17.7. The molecule has 0 atom stereocenters. The molecule has 0 unspecified atom stereocenters. The van der Waals surface area contributed by atoms with Gasteiger partial charge in [0.15, 0.2) is 11.6 Å². The maximum Gasteiger partial charge on any atom is 0.161 e. The van der Waals surface area contributed by atoms with Crippen LogP contribution in [0.25, 0.3) is 27.0 Å². The van der Waals surface area contributed by atoms with Crippen LogP contribution in [0.2, 0.25) is 0 Å². The van der Waals surface area contributed by atoms with Crippen LogP contribution in [-0.2, 0) is 0 Å². The number of allylic oxidation sites excluding steroid dienone is 1. The van der Waals surface area contributed by atoms with E-state index in [1.807, 2.05) is 0 Å². The molecular weight excluding hydrogens is 352 g/mol. The molecule has 1 saturated carbocycles. The van der Waals surface area contributed by atoms with Gasteiger partial charge in [0.2, 0.25) is 0 Å². The van der Waals surface area contributed by atoms with Gasteiger partial charge in [0, 0.05) is 27.3 Å². The minimum Gasteiger partial charge on any atom is -0.506 e. The fourth-order valence-corrected chi connectivity index (χ4v) is 4.20. The van der Waals surface area contributed by atoms with Gasteiger partial charge in [-0.05, 0) is 49.1 Å². The van der Waals surface area contributed by atoms with Gasteiger partial charge < -0.3 is 5.11 Å². The molecule has 1 N–H and O–H groups in total. The number of aliphatic hydroxyl groups is 1. The molecule has 0 aliphatic heterocycles. The third-order valence-electron chi connectivity index (χ3n) is 4.44. The summed E-state index contributed by atoms with van der Waals surface area (Å²) >= 11 is 1.11. The van der Waals surface area contributed by atoms with E-state index >= 15 is 0 Å². The van der Waals surface area contributed by atoms with Crippen molar-refractivity contribution in [2.75, 3.05) is 0 Å². The molecule has 1 aliphatic rings. The third kappa shape index (κ3) is 2.61. The standard InChI is InChI=1S/C19H12F4OS/c20-10-4-5-11-16(6-10)25-19(18(24)9-2-1-3-9)17(11)12-7-14(22)15(23)8-13(12)21/h4-8,24H,1-3H2. The lowest BCUT2D eigenvalue weighted by molar-refractivity contribution is 0.488. The Hall–Kier alpha value is -2.34. The van der Waals surface area contributed by atoms with Crippen molar-refractivity contribution in [3.8, 4) is 11.1 Å². The van der Waals surface area contributed by atoms with Crippen molar-refractivity contribution in [1.29, 1.82) is 0 Å². The first kappa shape index (κ1) is 16.1. The van der Waals surface area contributed by atoms with Crippen molar-refractivity contribution in [1.82, 2.24) is 0 Å². The molecule has 0 bridgehead atoms. The summed E-state index contributed by atoms with van der Waals surface area (Å²) in [5.74, 6) is -3.84. The predicted molar refractivity (Wildman–Crippen MR) is 90.5 cm³/mol. The van der Waals surface area contributed by atoms with Crippen molar-refractivity contribution in [2.24, 2.45) is 0 Å². The van der Waals surface area contributed by atoms with Crippen LogP contribution in [0.15, 0.2) is 35.9 Å². The lowest BCUT2D eigenvalue weighted by Crippen LogP contribution is -2.01. The molecule has 1 nitrogen and oxygen atoms in total. The van der Waals surface area contributed by atoms with Gasteiger partial charge in [0.25, 0.3) is 0 Å². The Morgan fingerprint density at radius 2 is 1.64 bits per heavy atom. The molecular formula is C19H12F4OS. The van der Waals surface area contributed by atoms with E-state index in [-0.39, 0.29) is 16.9 Å². The van der Waals surface area contributed by atoms with Gasteiger partial charge in [-0.15, -0.1) is 11.3 Å². The van der Waals surface area contributed by atoms with Gasteiger partial charge in [-0.1, -0.05) is 0 Å². The third-order valence-corrected chi connectivity index (χ3v) is 5.60.